The van der Waals surface area contributed by atoms with Crippen LogP contribution in [0.3, 0.4) is 0 Å². The van der Waals surface area contributed by atoms with E-state index in [1.54, 1.807) is 13.0 Å². The van der Waals surface area contributed by atoms with Crippen LogP contribution in [-0.4, -0.2) is 31.7 Å². The molecule has 0 bridgehead atoms. The van der Waals surface area contributed by atoms with Crippen LogP contribution in [0, 0.1) is 0 Å². The van der Waals surface area contributed by atoms with E-state index in [0.29, 0.717) is 13.2 Å². The Morgan fingerprint density at radius 3 is 2.68 bits per heavy atom. The number of anilines is 1. The van der Waals surface area contributed by atoms with E-state index in [4.69, 9.17) is 4.74 Å². The Hall–Kier alpha value is -1.81. The predicted octanol–water partition coefficient (Wildman–Crippen LogP) is 2.88. The van der Waals surface area contributed by atoms with Crippen molar-refractivity contribution in [3.05, 3.63) is 42.5 Å². The predicted molar refractivity (Wildman–Crippen MR) is 90.0 cm³/mol. The molecule has 2 rings (SSSR count). The molecule has 1 N–H and O–H groups in total. The molecule has 0 saturated carbocycles. The van der Waals surface area contributed by atoms with Gasteiger partial charge in [0.05, 0.1) is 6.61 Å². The van der Waals surface area contributed by atoms with Crippen LogP contribution < -0.4 is 10.2 Å². The molecule has 4 heteroatoms. The largest absolute Gasteiger partial charge is 0.372 e. The average molecular weight is 302 g/mol. The Bertz CT molecular complexity index is 478. The van der Waals surface area contributed by atoms with Gasteiger partial charge in [0.2, 0.25) is 5.91 Å². The minimum atomic E-state index is -0.427. The summed E-state index contributed by atoms with van der Waals surface area (Å²) in [7, 11) is 0. The second kappa shape index (κ2) is 8.59. The van der Waals surface area contributed by atoms with Crippen LogP contribution >= 0.6 is 0 Å². The van der Waals surface area contributed by atoms with Crippen LogP contribution in [0.5, 0.6) is 0 Å². The van der Waals surface area contributed by atoms with E-state index in [1.165, 1.54) is 18.5 Å². The minimum Gasteiger partial charge on any atom is -0.372 e. The second-order valence-corrected chi connectivity index (χ2v) is 5.67. The van der Waals surface area contributed by atoms with Gasteiger partial charge in [-0.1, -0.05) is 18.2 Å². The SMILES string of the molecule is C=CCCOC(C)C(=O)NCc1ccc(N2CCCC2)cc1. The van der Waals surface area contributed by atoms with E-state index < -0.39 is 6.10 Å². The number of nitrogens with one attached hydrogen (secondary N) is 1. The first-order valence-corrected chi connectivity index (χ1v) is 8.05. The zero-order valence-corrected chi connectivity index (χ0v) is 13.4. The molecule has 0 spiro atoms. The number of nitrogens with zero attached hydrogens (tertiary/aromatic N) is 1. The summed E-state index contributed by atoms with van der Waals surface area (Å²) in [5, 5.41) is 2.91. The lowest BCUT2D eigenvalue weighted by atomic mass is 10.2. The lowest BCUT2D eigenvalue weighted by Gasteiger charge is -2.18. The summed E-state index contributed by atoms with van der Waals surface area (Å²) in [6, 6.07) is 8.43. The Morgan fingerprint density at radius 1 is 1.36 bits per heavy atom. The summed E-state index contributed by atoms with van der Waals surface area (Å²) in [6.45, 7) is 8.77. The van der Waals surface area contributed by atoms with Gasteiger partial charge in [-0.2, -0.15) is 0 Å². The van der Waals surface area contributed by atoms with E-state index in [0.717, 1.165) is 25.1 Å². The van der Waals surface area contributed by atoms with Gasteiger partial charge in [-0.25, -0.2) is 0 Å². The number of hydrogen-bond acceptors (Lipinski definition) is 3. The molecule has 1 aliphatic heterocycles. The Morgan fingerprint density at radius 2 is 2.05 bits per heavy atom. The number of rotatable bonds is 8. The lowest BCUT2D eigenvalue weighted by Crippen LogP contribution is -2.34. The highest BCUT2D eigenvalue weighted by Gasteiger charge is 2.13. The summed E-state index contributed by atoms with van der Waals surface area (Å²) in [5.74, 6) is -0.0762. The summed E-state index contributed by atoms with van der Waals surface area (Å²) in [4.78, 5) is 14.3. The molecular formula is C18H26N2O2. The number of hydrogen-bond donors (Lipinski definition) is 1. The lowest BCUT2D eigenvalue weighted by molar-refractivity contribution is -0.131. The Kier molecular flexibility index (Phi) is 6.46. The summed E-state index contributed by atoms with van der Waals surface area (Å²) in [5.41, 5.74) is 2.38. The quantitative estimate of drug-likeness (QED) is 0.593. The highest BCUT2D eigenvalue weighted by molar-refractivity contribution is 5.80. The topological polar surface area (TPSA) is 41.6 Å². The fraction of sp³-hybridized carbons (Fsp3) is 0.500. The highest BCUT2D eigenvalue weighted by atomic mass is 16.5. The Labute approximate surface area is 133 Å². The van der Waals surface area contributed by atoms with Gasteiger partial charge in [0.1, 0.15) is 6.10 Å². The molecule has 22 heavy (non-hydrogen) atoms. The zero-order chi connectivity index (χ0) is 15.8. The third-order valence-electron chi connectivity index (χ3n) is 3.93. The van der Waals surface area contributed by atoms with Crippen LogP contribution in [0.15, 0.2) is 36.9 Å². The summed E-state index contributed by atoms with van der Waals surface area (Å²) in [6.07, 6.45) is 4.68. The molecule has 4 nitrogen and oxygen atoms in total. The van der Waals surface area contributed by atoms with E-state index in [9.17, 15) is 4.79 Å². The van der Waals surface area contributed by atoms with Crippen molar-refractivity contribution in [3.63, 3.8) is 0 Å². The monoisotopic (exact) mass is 302 g/mol. The van der Waals surface area contributed by atoms with E-state index in [-0.39, 0.29) is 5.91 Å². The Balaban J connectivity index is 1.76. The molecule has 1 amide bonds. The molecule has 1 aromatic carbocycles. The number of carbonyl (C=O) groups excluding carboxylic acids is 1. The standard InChI is InChI=1S/C18H26N2O2/c1-3-4-13-22-15(2)18(21)19-14-16-7-9-17(10-8-16)20-11-5-6-12-20/h3,7-10,15H,1,4-6,11-14H2,2H3,(H,19,21). The van der Waals surface area contributed by atoms with Gasteiger partial charge in [-0.15, -0.1) is 6.58 Å². The normalized spacial score (nSPS) is 15.6. The highest BCUT2D eigenvalue weighted by Crippen LogP contribution is 2.20. The van der Waals surface area contributed by atoms with Crippen LogP contribution in [0.2, 0.25) is 0 Å². The maximum Gasteiger partial charge on any atom is 0.249 e. The molecule has 0 aliphatic carbocycles. The van der Waals surface area contributed by atoms with Gasteiger partial charge in [-0.05, 0) is 43.9 Å². The first kappa shape index (κ1) is 16.6. The fourth-order valence-corrected chi connectivity index (χ4v) is 2.54. The van der Waals surface area contributed by atoms with Crippen LogP contribution in [-0.2, 0) is 16.1 Å². The number of ether oxygens (including phenoxy) is 1. The van der Waals surface area contributed by atoms with Gasteiger partial charge in [0.15, 0.2) is 0 Å². The molecule has 120 valence electrons. The molecule has 1 fully saturated rings. The van der Waals surface area contributed by atoms with Crippen molar-refractivity contribution in [1.29, 1.82) is 0 Å². The van der Waals surface area contributed by atoms with E-state index >= 15 is 0 Å². The van der Waals surface area contributed by atoms with Crippen molar-refractivity contribution in [3.8, 4) is 0 Å². The number of benzene rings is 1. The fourth-order valence-electron chi connectivity index (χ4n) is 2.54. The van der Waals surface area contributed by atoms with Gasteiger partial charge >= 0.3 is 0 Å². The zero-order valence-electron chi connectivity index (χ0n) is 13.4. The minimum absolute atomic E-state index is 0.0762. The first-order chi connectivity index (χ1) is 10.7. The molecular weight excluding hydrogens is 276 g/mol. The molecule has 0 aromatic heterocycles. The maximum absolute atomic E-state index is 11.9. The average Bonchev–Trinajstić information content (AvgIpc) is 3.07. The molecule has 1 unspecified atom stereocenters. The van der Waals surface area contributed by atoms with Crippen molar-refractivity contribution in [1.82, 2.24) is 5.32 Å². The van der Waals surface area contributed by atoms with E-state index in [2.05, 4.69) is 41.1 Å². The van der Waals surface area contributed by atoms with Gasteiger partial charge in [0, 0.05) is 25.3 Å². The molecule has 0 radical (unpaired) electrons. The molecule has 1 aromatic rings. The van der Waals surface area contributed by atoms with E-state index in [1.807, 2.05) is 0 Å². The molecule has 1 heterocycles. The second-order valence-electron chi connectivity index (χ2n) is 5.67. The maximum atomic E-state index is 11.9. The van der Waals surface area contributed by atoms with Crippen molar-refractivity contribution in [2.45, 2.75) is 38.8 Å². The number of amides is 1. The van der Waals surface area contributed by atoms with Crippen molar-refractivity contribution in [2.24, 2.45) is 0 Å². The third kappa shape index (κ3) is 4.88. The smallest absolute Gasteiger partial charge is 0.249 e. The first-order valence-electron chi connectivity index (χ1n) is 8.05. The van der Waals surface area contributed by atoms with Gasteiger partial charge in [-0.3, -0.25) is 4.79 Å². The van der Waals surface area contributed by atoms with Gasteiger partial charge < -0.3 is 15.0 Å². The third-order valence-corrected chi connectivity index (χ3v) is 3.93. The van der Waals surface area contributed by atoms with Crippen molar-refractivity contribution < 1.29 is 9.53 Å². The van der Waals surface area contributed by atoms with Crippen LogP contribution in [0.1, 0.15) is 31.7 Å². The van der Waals surface area contributed by atoms with Crippen LogP contribution in [0.25, 0.3) is 0 Å². The number of carbonyl (C=O) groups is 1. The van der Waals surface area contributed by atoms with Gasteiger partial charge in [0.25, 0.3) is 0 Å². The van der Waals surface area contributed by atoms with Crippen molar-refractivity contribution in [2.75, 3.05) is 24.6 Å². The van der Waals surface area contributed by atoms with Crippen molar-refractivity contribution >= 4 is 11.6 Å². The summed E-state index contributed by atoms with van der Waals surface area (Å²) < 4.78 is 5.43. The summed E-state index contributed by atoms with van der Waals surface area (Å²) >= 11 is 0. The molecule has 1 saturated heterocycles. The van der Waals surface area contributed by atoms with Crippen LogP contribution in [0.4, 0.5) is 5.69 Å². The molecule has 1 atom stereocenters. The molecule has 1 aliphatic rings.